The fourth-order valence-corrected chi connectivity index (χ4v) is 5.57. The summed E-state index contributed by atoms with van der Waals surface area (Å²) >= 11 is 0. The van der Waals surface area contributed by atoms with Crippen LogP contribution >= 0.6 is 10.9 Å². The van der Waals surface area contributed by atoms with E-state index in [0.29, 0.717) is 17.0 Å². The van der Waals surface area contributed by atoms with Crippen molar-refractivity contribution in [1.82, 2.24) is 19.5 Å². The van der Waals surface area contributed by atoms with Crippen molar-refractivity contribution < 1.29 is 20.1 Å². The Morgan fingerprint density at radius 2 is 2.00 bits per heavy atom. The van der Waals surface area contributed by atoms with Crippen LogP contribution in [-0.4, -0.2) is 65.6 Å². The van der Waals surface area contributed by atoms with Crippen LogP contribution in [0.15, 0.2) is 47.2 Å². The number of hydrogen-bond donors (Lipinski definition) is 5. The normalized spacial score (nSPS) is 29.4. The number of hydrogen-bond acceptors (Lipinski definition) is 8. The van der Waals surface area contributed by atoms with E-state index in [9.17, 15) is 15.3 Å². The van der Waals surface area contributed by atoms with Crippen molar-refractivity contribution in [3.63, 3.8) is 0 Å². The van der Waals surface area contributed by atoms with Crippen LogP contribution in [0.1, 0.15) is 11.8 Å². The van der Waals surface area contributed by atoms with Gasteiger partial charge in [-0.3, -0.25) is 4.57 Å². The molecule has 1 fully saturated rings. The molecule has 0 radical (unpaired) electrons. The summed E-state index contributed by atoms with van der Waals surface area (Å²) in [6, 6.07) is 8.34. The summed E-state index contributed by atoms with van der Waals surface area (Å²) in [4.78, 5) is 14.3. The minimum absolute atomic E-state index is 0.387. The molecule has 4 heterocycles. The standard InChI is InChI=1S/C19H21N5O4S/c25-7-12-15(26)16(27)19(28-12)24-9-22-14-17(20-8-21-18(14)24)23-10-29-6-5-11-3-1-2-4-13(11)29/h1-6,8-9,12,15-16,19,25-27,29H,7,10H2,(H,20,21,23)/t12-,15-,16-,19-/m1/s1. The highest BCUT2D eigenvalue weighted by Crippen LogP contribution is 2.45. The van der Waals surface area contributed by atoms with Crippen molar-refractivity contribution in [2.24, 2.45) is 0 Å². The van der Waals surface area contributed by atoms with Gasteiger partial charge >= 0.3 is 0 Å². The zero-order valence-corrected chi connectivity index (χ0v) is 16.2. The Hall–Kier alpha value is -2.50. The molecule has 5 rings (SSSR count). The summed E-state index contributed by atoms with van der Waals surface area (Å²) in [7, 11) is -0.475. The number of ether oxygens (including phenoxy) is 1. The maximum atomic E-state index is 10.3. The largest absolute Gasteiger partial charge is 0.394 e. The molecule has 1 aromatic carbocycles. The number of thiol groups is 1. The molecule has 2 aromatic heterocycles. The van der Waals surface area contributed by atoms with Gasteiger partial charge in [0, 0.05) is 0 Å². The second-order valence-electron chi connectivity index (χ2n) is 6.95. The molecule has 0 bridgehead atoms. The molecule has 9 nitrogen and oxygen atoms in total. The molecule has 1 unspecified atom stereocenters. The molecule has 2 aliphatic heterocycles. The minimum atomic E-state index is -1.19. The molecular formula is C19H21N5O4S. The fraction of sp³-hybridized carbons (Fsp3) is 0.316. The predicted octanol–water partition coefficient (Wildman–Crippen LogP) is 0.852. The first-order valence-corrected chi connectivity index (χ1v) is 10.8. The van der Waals surface area contributed by atoms with Gasteiger partial charge in [-0.2, -0.15) is 10.9 Å². The summed E-state index contributed by atoms with van der Waals surface area (Å²) in [5.74, 6) is 1.32. The van der Waals surface area contributed by atoms with E-state index in [1.54, 1.807) is 4.57 Å². The molecule has 0 amide bonds. The molecule has 2 aliphatic rings. The van der Waals surface area contributed by atoms with E-state index in [4.69, 9.17) is 4.74 Å². The van der Waals surface area contributed by atoms with Gasteiger partial charge in [-0.05, 0) is 28.0 Å². The second-order valence-corrected chi connectivity index (χ2v) is 8.99. The Labute approximate surface area is 169 Å². The lowest BCUT2D eigenvalue weighted by Gasteiger charge is -2.17. The van der Waals surface area contributed by atoms with Gasteiger partial charge in [0.2, 0.25) is 0 Å². The van der Waals surface area contributed by atoms with Crippen LogP contribution < -0.4 is 5.32 Å². The lowest BCUT2D eigenvalue weighted by molar-refractivity contribution is -0.0511. The van der Waals surface area contributed by atoms with E-state index < -0.39 is 35.4 Å². The lowest BCUT2D eigenvalue weighted by atomic mass is 10.1. The molecule has 0 spiro atoms. The van der Waals surface area contributed by atoms with Gasteiger partial charge in [0.05, 0.1) is 18.8 Å². The number of nitrogens with one attached hydrogen (secondary N) is 1. The molecule has 1 saturated heterocycles. The number of benzene rings is 1. The van der Waals surface area contributed by atoms with Gasteiger partial charge in [0.25, 0.3) is 0 Å². The van der Waals surface area contributed by atoms with Crippen LogP contribution in [0, 0.1) is 0 Å². The number of aliphatic hydroxyl groups excluding tert-OH is 3. The number of nitrogens with zero attached hydrogens (tertiary/aromatic N) is 4. The summed E-state index contributed by atoms with van der Waals surface area (Å²) in [5, 5.41) is 35.2. The van der Waals surface area contributed by atoms with E-state index >= 15 is 0 Å². The number of aliphatic hydroxyl groups is 3. The quantitative estimate of drug-likeness (QED) is 0.389. The molecule has 0 saturated carbocycles. The first-order chi connectivity index (χ1) is 14.2. The predicted molar refractivity (Wildman–Crippen MR) is 110 cm³/mol. The molecule has 10 heteroatoms. The number of rotatable bonds is 5. The molecule has 0 aliphatic carbocycles. The number of imidazole rings is 1. The molecule has 5 atom stereocenters. The van der Waals surface area contributed by atoms with Crippen molar-refractivity contribution in [1.29, 1.82) is 0 Å². The third-order valence-corrected chi connectivity index (χ3v) is 7.28. The van der Waals surface area contributed by atoms with Crippen molar-refractivity contribution >= 4 is 34.0 Å². The number of aromatic nitrogens is 4. The minimum Gasteiger partial charge on any atom is -0.394 e. The van der Waals surface area contributed by atoms with E-state index in [2.05, 4.69) is 43.9 Å². The van der Waals surface area contributed by atoms with Crippen LogP contribution in [0.2, 0.25) is 0 Å². The van der Waals surface area contributed by atoms with Crippen molar-refractivity contribution in [2.75, 3.05) is 17.8 Å². The fourth-order valence-electron chi connectivity index (χ4n) is 3.72. The van der Waals surface area contributed by atoms with E-state index in [1.807, 2.05) is 12.1 Å². The first kappa shape index (κ1) is 18.5. The summed E-state index contributed by atoms with van der Waals surface area (Å²) in [6.07, 6.45) is 0.956. The van der Waals surface area contributed by atoms with Gasteiger partial charge < -0.3 is 25.4 Å². The van der Waals surface area contributed by atoms with Gasteiger partial charge in [0.15, 0.2) is 23.2 Å². The average Bonchev–Trinajstić information content (AvgIpc) is 3.43. The summed E-state index contributed by atoms with van der Waals surface area (Å²) < 4.78 is 7.15. The first-order valence-electron chi connectivity index (χ1n) is 9.25. The summed E-state index contributed by atoms with van der Waals surface area (Å²) in [6.45, 7) is -0.387. The van der Waals surface area contributed by atoms with Crippen molar-refractivity contribution in [2.45, 2.75) is 29.4 Å². The Morgan fingerprint density at radius 3 is 2.83 bits per heavy atom. The highest BCUT2D eigenvalue weighted by molar-refractivity contribution is 8.20. The molecule has 3 aromatic rings. The Bertz CT molecular complexity index is 1070. The number of fused-ring (bicyclic) bond motifs is 2. The molecule has 4 N–H and O–H groups in total. The van der Waals surface area contributed by atoms with Crippen LogP contribution in [0.3, 0.4) is 0 Å². The number of anilines is 1. The average molecular weight is 415 g/mol. The van der Waals surface area contributed by atoms with Gasteiger partial charge in [-0.1, -0.05) is 18.2 Å². The second kappa shape index (κ2) is 7.39. The third kappa shape index (κ3) is 3.09. The lowest BCUT2D eigenvalue weighted by Crippen LogP contribution is -2.33. The van der Waals surface area contributed by atoms with Crippen molar-refractivity contribution in [3.8, 4) is 0 Å². The van der Waals surface area contributed by atoms with Crippen LogP contribution in [-0.2, 0) is 4.74 Å². The maximum Gasteiger partial charge on any atom is 0.167 e. The van der Waals surface area contributed by atoms with Gasteiger partial charge in [-0.25, -0.2) is 15.0 Å². The zero-order chi connectivity index (χ0) is 20.0. The van der Waals surface area contributed by atoms with Crippen LogP contribution in [0.25, 0.3) is 17.2 Å². The monoisotopic (exact) mass is 415 g/mol. The summed E-state index contributed by atoms with van der Waals surface area (Å²) in [5.41, 5.74) is 2.28. The molecule has 29 heavy (non-hydrogen) atoms. The smallest absolute Gasteiger partial charge is 0.167 e. The maximum absolute atomic E-state index is 10.3. The Morgan fingerprint density at radius 1 is 1.14 bits per heavy atom. The van der Waals surface area contributed by atoms with Gasteiger partial charge in [-0.15, -0.1) is 0 Å². The Kier molecular flexibility index (Phi) is 4.72. The van der Waals surface area contributed by atoms with E-state index in [-0.39, 0.29) is 6.61 Å². The highest BCUT2D eigenvalue weighted by Gasteiger charge is 2.44. The van der Waals surface area contributed by atoms with E-state index in [1.165, 1.54) is 23.1 Å². The van der Waals surface area contributed by atoms with Crippen LogP contribution in [0.4, 0.5) is 5.82 Å². The topological polar surface area (TPSA) is 126 Å². The SMILES string of the molecule is OC[C@H]1O[C@@H](n2cnc3c(NC[SH]4C=Cc5ccccc54)ncnc32)[C@H](O)[C@@H]1O. The third-order valence-electron chi connectivity index (χ3n) is 5.25. The van der Waals surface area contributed by atoms with Gasteiger partial charge in [0.1, 0.15) is 24.6 Å². The Balaban J connectivity index is 1.39. The van der Waals surface area contributed by atoms with E-state index in [0.717, 1.165) is 5.88 Å². The zero-order valence-electron chi connectivity index (χ0n) is 15.3. The van der Waals surface area contributed by atoms with Crippen molar-refractivity contribution in [3.05, 3.63) is 47.9 Å². The highest BCUT2D eigenvalue weighted by atomic mass is 32.2. The van der Waals surface area contributed by atoms with Crippen LogP contribution in [0.5, 0.6) is 0 Å². The molecular weight excluding hydrogens is 394 g/mol. The molecule has 152 valence electrons.